The average Bonchev–Trinajstić information content (AvgIpc) is 3.48. The van der Waals surface area contributed by atoms with E-state index in [-0.39, 0.29) is 0 Å². The molecule has 0 atom stereocenters. The largest absolute Gasteiger partial charge is 0.341 e. The van der Waals surface area contributed by atoms with Gasteiger partial charge in [-0.1, -0.05) is 18.7 Å². The molecule has 1 N–H and O–H groups in total. The van der Waals surface area contributed by atoms with Gasteiger partial charge in [0.1, 0.15) is 0 Å². The van der Waals surface area contributed by atoms with E-state index in [1.807, 2.05) is 0 Å². The summed E-state index contributed by atoms with van der Waals surface area (Å²) in [6, 6.07) is 6.26. The summed E-state index contributed by atoms with van der Waals surface area (Å²) in [6.45, 7) is 6.24. The minimum absolute atomic E-state index is 0.621. The van der Waals surface area contributed by atoms with E-state index in [0.29, 0.717) is 5.95 Å². The number of fused-ring (bicyclic) bond motifs is 1. The number of hydrogen-bond acceptors (Lipinski definition) is 9. The topological polar surface area (TPSA) is 70.1 Å². The van der Waals surface area contributed by atoms with Crippen LogP contribution in [0.2, 0.25) is 0 Å². The van der Waals surface area contributed by atoms with Gasteiger partial charge in [0.2, 0.25) is 17.8 Å². The van der Waals surface area contributed by atoms with E-state index in [2.05, 4.69) is 45.2 Å². The van der Waals surface area contributed by atoms with Crippen molar-refractivity contribution in [2.75, 3.05) is 47.0 Å². The van der Waals surface area contributed by atoms with E-state index < -0.39 is 0 Å². The number of thiazole rings is 1. The summed E-state index contributed by atoms with van der Waals surface area (Å²) in [4.78, 5) is 23.5. The third-order valence-electron chi connectivity index (χ3n) is 5.28. The molecule has 2 fully saturated rings. The summed E-state index contributed by atoms with van der Waals surface area (Å²) in [5.74, 6) is 3.24. The third kappa shape index (κ3) is 4.11. The Morgan fingerprint density at radius 2 is 1.59 bits per heavy atom. The van der Waals surface area contributed by atoms with Crippen molar-refractivity contribution in [3.05, 3.63) is 18.2 Å². The molecule has 0 amide bonds. The Kier molecular flexibility index (Phi) is 5.41. The lowest BCUT2D eigenvalue weighted by Gasteiger charge is -2.20. The van der Waals surface area contributed by atoms with Crippen LogP contribution < -0.4 is 15.1 Å². The van der Waals surface area contributed by atoms with Crippen molar-refractivity contribution in [2.24, 2.45) is 0 Å². The molecule has 0 bridgehead atoms. The average molecular weight is 428 g/mol. The Morgan fingerprint density at radius 1 is 0.931 bits per heavy atom. The first-order valence-electron chi connectivity index (χ1n) is 10.3. The minimum atomic E-state index is 0.621. The van der Waals surface area contributed by atoms with Gasteiger partial charge in [-0.15, -0.1) is 11.3 Å². The van der Waals surface area contributed by atoms with Gasteiger partial charge in [0.05, 0.1) is 10.2 Å². The third-order valence-corrected chi connectivity index (χ3v) is 7.33. The van der Waals surface area contributed by atoms with Gasteiger partial charge in [0.25, 0.3) is 0 Å². The zero-order chi connectivity index (χ0) is 19.6. The lowest BCUT2D eigenvalue weighted by atomic mass is 10.3. The molecular weight excluding hydrogens is 402 g/mol. The molecule has 0 saturated carbocycles. The molecule has 4 heterocycles. The second kappa shape index (κ2) is 8.31. The molecule has 2 aromatic heterocycles. The van der Waals surface area contributed by atoms with E-state index in [1.54, 1.807) is 23.1 Å². The molecular formula is C20H25N7S2. The summed E-state index contributed by atoms with van der Waals surface area (Å²) < 4.78 is 2.30. The molecule has 9 heteroatoms. The normalized spacial score (nSPS) is 16.9. The van der Waals surface area contributed by atoms with Gasteiger partial charge in [0, 0.05) is 31.9 Å². The van der Waals surface area contributed by atoms with Crippen LogP contribution in [0.15, 0.2) is 22.5 Å². The lowest BCUT2D eigenvalue weighted by Crippen LogP contribution is -2.25. The summed E-state index contributed by atoms with van der Waals surface area (Å²) in [5, 5.41) is 3.42. The van der Waals surface area contributed by atoms with Crippen molar-refractivity contribution in [3.63, 3.8) is 0 Å². The molecule has 0 spiro atoms. The number of nitrogens with zero attached hydrogens (tertiary/aromatic N) is 6. The first-order valence-corrected chi connectivity index (χ1v) is 12.1. The first kappa shape index (κ1) is 18.9. The number of anilines is 4. The van der Waals surface area contributed by atoms with Gasteiger partial charge in [-0.05, 0) is 49.6 Å². The highest BCUT2D eigenvalue weighted by molar-refractivity contribution is 8.01. The number of nitrogens with one attached hydrogen (secondary N) is 1. The fourth-order valence-electron chi connectivity index (χ4n) is 3.82. The van der Waals surface area contributed by atoms with E-state index in [4.69, 9.17) is 15.0 Å². The van der Waals surface area contributed by atoms with Crippen LogP contribution in [0.4, 0.5) is 23.5 Å². The minimum Gasteiger partial charge on any atom is -0.341 e. The summed E-state index contributed by atoms with van der Waals surface area (Å²) >= 11 is 3.52. The second-order valence-corrected chi connectivity index (χ2v) is 9.91. The molecule has 0 unspecified atom stereocenters. The Morgan fingerprint density at radius 3 is 2.21 bits per heavy atom. The Hall–Kier alpha value is -2.13. The molecule has 2 aliphatic rings. The first-order chi connectivity index (χ1) is 14.3. The maximum Gasteiger partial charge on any atom is 0.233 e. The van der Waals surface area contributed by atoms with Gasteiger partial charge in [-0.3, -0.25) is 0 Å². The quantitative estimate of drug-likeness (QED) is 0.575. The van der Waals surface area contributed by atoms with Crippen LogP contribution in [0.3, 0.4) is 0 Å². The van der Waals surface area contributed by atoms with Gasteiger partial charge in [-0.2, -0.15) is 15.0 Å². The van der Waals surface area contributed by atoms with Crippen LogP contribution in [0, 0.1) is 0 Å². The lowest BCUT2D eigenvalue weighted by molar-refractivity contribution is 0.841. The summed E-state index contributed by atoms with van der Waals surface area (Å²) in [5.41, 5.74) is 2.03. The monoisotopic (exact) mass is 427 g/mol. The van der Waals surface area contributed by atoms with Gasteiger partial charge >= 0.3 is 0 Å². The molecule has 152 valence electrons. The highest BCUT2D eigenvalue weighted by atomic mass is 32.2. The van der Waals surface area contributed by atoms with Crippen molar-refractivity contribution in [1.29, 1.82) is 0 Å². The van der Waals surface area contributed by atoms with Crippen LogP contribution in [-0.4, -0.2) is 51.9 Å². The zero-order valence-electron chi connectivity index (χ0n) is 16.6. The summed E-state index contributed by atoms with van der Waals surface area (Å²) in [7, 11) is 0. The number of thioether (sulfide) groups is 1. The van der Waals surface area contributed by atoms with Gasteiger partial charge in [-0.25, -0.2) is 4.98 Å². The number of benzene rings is 1. The number of hydrogen-bond donors (Lipinski definition) is 1. The Labute approximate surface area is 179 Å². The van der Waals surface area contributed by atoms with E-state index in [1.165, 1.54) is 30.4 Å². The Bertz CT molecular complexity index is 959. The summed E-state index contributed by atoms with van der Waals surface area (Å²) in [6.07, 6.45) is 4.81. The van der Waals surface area contributed by atoms with Crippen LogP contribution in [0.25, 0.3) is 10.2 Å². The fraction of sp³-hybridized carbons (Fsp3) is 0.500. The molecule has 7 nitrogen and oxygen atoms in total. The van der Waals surface area contributed by atoms with Crippen LogP contribution >= 0.6 is 23.1 Å². The second-order valence-electron chi connectivity index (χ2n) is 7.37. The molecule has 2 aliphatic heterocycles. The van der Waals surface area contributed by atoms with Crippen LogP contribution in [-0.2, 0) is 0 Å². The van der Waals surface area contributed by atoms with Crippen molar-refractivity contribution in [1.82, 2.24) is 19.9 Å². The molecule has 1 aromatic carbocycles. The maximum atomic E-state index is 4.79. The molecule has 0 radical (unpaired) electrons. The zero-order valence-corrected chi connectivity index (χ0v) is 18.2. The predicted octanol–water partition coefficient (Wildman–Crippen LogP) is 4.54. The van der Waals surface area contributed by atoms with Crippen molar-refractivity contribution >= 4 is 56.8 Å². The fourth-order valence-corrected chi connectivity index (χ4v) is 5.83. The van der Waals surface area contributed by atoms with Crippen LogP contribution in [0.1, 0.15) is 32.6 Å². The number of rotatable bonds is 6. The van der Waals surface area contributed by atoms with Crippen LogP contribution in [0.5, 0.6) is 0 Å². The maximum absolute atomic E-state index is 4.79. The van der Waals surface area contributed by atoms with E-state index in [9.17, 15) is 0 Å². The highest BCUT2D eigenvalue weighted by Gasteiger charge is 2.21. The van der Waals surface area contributed by atoms with E-state index >= 15 is 0 Å². The standard InChI is InChI=1S/C20H25N7S2/c1-2-28-20-22-15-8-7-14(13-16(15)29-20)21-17-23-18(26-9-3-4-10-26)25-19(24-17)27-11-5-6-12-27/h7-8,13H,2-6,9-12H2,1H3,(H,21,23,24,25). The van der Waals surface area contributed by atoms with Gasteiger partial charge in [0.15, 0.2) is 4.34 Å². The molecule has 0 aliphatic carbocycles. The Balaban J connectivity index is 1.45. The molecule has 3 aromatic rings. The molecule has 5 rings (SSSR count). The number of aromatic nitrogens is 4. The molecule has 2 saturated heterocycles. The SMILES string of the molecule is CCSc1nc2ccc(Nc3nc(N4CCCC4)nc(N4CCCC4)n3)cc2s1. The van der Waals surface area contributed by atoms with Crippen molar-refractivity contribution < 1.29 is 0 Å². The van der Waals surface area contributed by atoms with E-state index in [0.717, 1.165) is 59.4 Å². The van der Waals surface area contributed by atoms with Crippen molar-refractivity contribution in [3.8, 4) is 0 Å². The predicted molar refractivity (Wildman–Crippen MR) is 122 cm³/mol. The van der Waals surface area contributed by atoms with Gasteiger partial charge < -0.3 is 15.1 Å². The van der Waals surface area contributed by atoms with Crippen molar-refractivity contribution in [2.45, 2.75) is 36.9 Å². The smallest absolute Gasteiger partial charge is 0.233 e. The highest BCUT2D eigenvalue weighted by Crippen LogP contribution is 2.32. The molecule has 29 heavy (non-hydrogen) atoms.